The lowest BCUT2D eigenvalue weighted by Crippen LogP contribution is -2.08. The first kappa shape index (κ1) is 13.6. The third-order valence-electron chi connectivity index (χ3n) is 2.80. The summed E-state index contributed by atoms with van der Waals surface area (Å²) < 4.78 is 29.5. The van der Waals surface area contributed by atoms with E-state index in [4.69, 9.17) is 4.74 Å². The van der Waals surface area contributed by atoms with Crippen LogP contribution in [0.1, 0.15) is 11.1 Å². The van der Waals surface area contributed by atoms with Crippen LogP contribution >= 0.6 is 0 Å². The van der Waals surface area contributed by atoms with Crippen molar-refractivity contribution in [3.8, 4) is 5.75 Å². The lowest BCUT2D eigenvalue weighted by Gasteiger charge is -2.09. The van der Waals surface area contributed by atoms with Gasteiger partial charge < -0.3 is 4.74 Å². The summed E-state index contributed by atoms with van der Waals surface area (Å²) in [5, 5.41) is 0. The molecule has 19 heavy (non-hydrogen) atoms. The van der Waals surface area contributed by atoms with Crippen molar-refractivity contribution in [3.63, 3.8) is 0 Å². The molecule has 0 radical (unpaired) electrons. The molecule has 0 aromatic heterocycles. The van der Waals surface area contributed by atoms with E-state index in [-0.39, 0.29) is 11.5 Å². The zero-order valence-electron chi connectivity index (χ0n) is 10.7. The number of hydrogen-bond acceptors (Lipinski definition) is 3. The molecule has 2 aromatic carbocycles. The number of sulfone groups is 1. The van der Waals surface area contributed by atoms with Crippen LogP contribution in [-0.2, 0) is 21.3 Å². The molecular formula is C15H16O3S. The summed E-state index contributed by atoms with van der Waals surface area (Å²) in [5.41, 5.74) is 1.50. The Morgan fingerprint density at radius 2 is 1.53 bits per heavy atom. The standard InChI is InChI=1S/C15H16O3S/c1-18-15-10-6-5-9-14(15)12-19(16,17)11-13-7-3-2-4-8-13/h2-10H,11-12H2,1H3. The number of ether oxygens (including phenoxy) is 1. The Kier molecular flexibility index (Phi) is 4.22. The average molecular weight is 276 g/mol. The molecule has 100 valence electrons. The quantitative estimate of drug-likeness (QED) is 0.843. The Bertz CT molecular complexity index is 633. The van der Waals surface area contributed by atoms with Gasteiger partial charge in [-0.3, -0.25) is 0 Å². The van der Waals surface area contributed by atoms with Gasteiger partial charge in [0, 0.05) is 5.56 Å². The van der Waals surface area contributed by atoms with Gasteiger partial charge in [0.2, 0.25) is 0 Å². The average Bonchev–Trinajstić information content (AvgIpc) is 2.39. The molecule has 4 heteroatoms. The molecule has 0 amide bonds. The molecule has 0 atom stereocenters. The Morgan fingerprint density at radius 1 is 0.895 bits per heavy atom. The maximum absolute atomic E-state index is 12.2. The first-order chi connectivity index (χ1) is 9.11. The molecule has 3 nitrogen and oxygen atoms in total. The number of methoxy groups -OCH3 is 1. The first-order valence-electron chi connectivity index (χ1n) is 5.97. The van der Waals surface area contributed by atoms with E-state index in [0.29, 0.717) is 11.3 Å². The molecule has 2 rings (SSSR count). The number of benzene rings is 2. The van der Waals surface area contributed by atoms with E-state index in [1.165, 1.54) is 0 Å². The summed E-state index contributed by atoms with van der Waals surface area (Å²) in [4.78, 5) is 0. The Balaban J connectivity index is 2.18. The fourth-order valence-electron chi connectivity index (χ4n) is 1.94. The van der Waals surface area contributed by atoms with Crippen LogP contribution in [0.4, 0.5) is 0 Å². The van der Waals surface area contributed by atoms with Gasteiger partial charge in [-0.05, 0) is 11.6 Å². The highest BCUT2D eigenvalue weighted by atomic mass is 32.2. The number of hydrogen-bond donors (Lipinski definition) is 0. The number of para-hydroxylation sites is 1. The molecule has 0 unspecified atom stereocenters. The molecule has 0 saturated carbocycles. The van der Waals surface area contributed by atoms with E-state index in [1.807, 2.05) is 42.5 Å². The summed E-state index contributed by atoms with van der Waals surface area (Å²) in [5.74, 6) is 0.650. The van der Waals surface area contributed by atoms with Gasteiger partial charge in [-0.15, -0.1) is 0 Å². The molecule has 0 fully saturated rings. The zero-order chi connectivity index (χ0) is 13.7. The molecule has 0 N–H and O–H groups in total. The second-order valence-electron chi connectivity index (χ2n) is 4.33. The van der Waals surface area contributed by atoms with Gasteiger partial charge in [0.15, 0.2) is 9.84 Å². The van der Waals surface area contributed by atoms with Crippen LogP contribution in [0.5, 0.6) is 5.75 Å². The minimum Gasteiger partial charge on any atom is -0.496 e. The van der Waals surface area contributed by atoms with Gasteiger partial charge >= 0.3 is 0 Å². The largest absolute Gasteiger partial charge is 0.496 e. The van der Waals surface area contributed by atoms with E-state index in [9.17, 15) is 8.42 Å². The highest BCUT2D eigenvalue weighted by Gasteiger charge is 2.15. The maximum Gasteiger partial charge on any atom is 0.158 e. The highest BCUT2D eigenvalue weighted by molar-refractivity contribution is 7.89. The summed E-state index contributed by atoms with van der Waals surface area (Å²) in [7, 11) is -1.66. The van der Waals surface area contributed by atoms with E-state index in [2.05, 4.69) is 0 Å². The van der Waals surface area contributed by atoms with Crippen LogP contribution in [0.15, 0.2) is 54.6 Å². The van der Waals surface area contributed by atoms with Crippen molar-refractivity contribution < 1.29 is 13.2 Å². The Morgan fingerprint density at radius 3 is 2.21 bits per heavy atom. The van der Waals surface area contributed by atoms with Crippen molar-refractivity contribution in [3.05, 3.63) is 65.7 Å². The number of rotatable bonds is 5. The van der Waals surface area contributed by atoms with Crippen LogP contribution in [0, 0.1) is 0 Å². The van der Waals surface area contributed by atoms with E-state index >= 15 is 0 Å². The van der Waals surface area contributed by atoms with Gasteiger partial charge in [0.1, 0.15) is 5.75 Å². The lowest BCUT2D eigenvalue weighted by molar-refractivity contribution is 0.411. The smallest absolute Gasteiger partial charge is 0.158 e. The predicted molar refractivity (Wildman–Crippen MR) is 75.8 cm³/mol. The molecule has 0 saturated heterocycles. The predicted octanol–water partition coefficient (Wildman–Crippen LogP) is 2.81. The summed E-state index contributed by atoms with van der Waals surface area (Å²) in [6.45, 7) is 0. The second kappa shape index (κ2) is 5.89. The third-order valence-corrected chi connectivity index (χ3v) is 4.32. The minimum atomic E-state index is -3.20. The monoisotopic (exact) mass is 276 g/mol. The van der Waals surface area contributed by atoms with Crippen LogP contribution in [-0.4, -0.2) is 15.5 Å². The van der Waals surface area contributed by atoms with Crippen LogP contribution < -0.4 is 4.74 Å². The van der Waals surface area contributed by atoms with Gasteiger partial charge in [-0.2, -0.15) is 0 Å². The molecule has 0 bridgehead atoms. The van der Waals surface area contributed by atoms with Crippen molar-refractivity contribution in [1.29, 1.82) is 0 Å². The molecule has 0 heterocycles. The fraction of sp³-hybridized carbons (Fsp3) is 0.200. The molecular weight excluding hydrogens is 260 g/mol. The highest BCUT2D eigenvalue weighted by Crippen LogP contribution is 2.21. The Hall–Kier alpha value is -1.81. The fourth-order valence-corrected chi connectivity index (χ4v) is 3.45. The normalized spacial score (nSPS) is 11.2. The van der Waals surface area contributed by atoms with Crippen LogP contribution in [0.25, 0.3) is 0 Å². The summed E-state index contributed by atoms with van der Waals surface area (Å²) in [6.07, 6.45) is 0. The maximum atomic E-state index is 12.2. The molecule has 0 spiro atoms. The SMILES string of the molecule is COc1ccccc1CS(=O)(=O)Cc1ccccc1. The molecule has 2 aromatic rings. The summed E-state index contributed by atoms with van der Waals surface area (Å²) >= 11 is 0. The van der Waals surface area contributed by atoms with Gasteiger partial charge in [0.05, 0.1) is 18.6 Å². The van der Waals surface area contributed by atoms with Crippen molar-refractivity contribution in [2.45, 2.75) is 11.5 Å². The van der Waals surface area contributed by atoms with Crippen LogP contribution in [0.3, 0.4) is 0 Å². The van der Waals surface area contributed by atoms with E-state index in [1.54, 1.807) is 19.2 Å². The van der Waals surface area contributed by atoms with Crippen molar-refractivity contribution in [1.82, 2.24) is 0 Å². The second-order valence-corrected chi connectivity index (χ2v) is 6.39. The van der Waals surface area contributed by atoms with E-state index < -0.39 is 9.84 Å². The van der Waals surface area contributed by atoms with Crippen molar-refractivity contribution in [2.24, 2.45) is 0 Å². The summed E-state index contributed by atoms with van der Waals surface area (Å²) in [6, 6.07) is 16.4. The van der Waals surface area contributed by atoms with Gasteiger partial charge in [-0.25, -0.2) is 8.42 Å². The molecule has 0 aliphatic carbocycles. The van der Waals surface area contributed by atoms with Crippen molar-refractivity contribution in [2.75, 3.05) is 7.11 Å². The lowest BCUT2D eigenvalue weighted by atomic mass is 10.2. The van der Waals surface area contributed by atoms with Gasteiger partial charge in [-0.1, -0.05) is 48.5 Å². The minimum absolute atomic E-state index is 0.00803. The third kappa shape index (κ3) is 3.83. The first-order valence-corrected chi connectivity index (χ1v) is 7.79. The van der Waals surface area contributed by atoms with Gasteiger partial charge in [0.25, 0.3) is 0 Å². The topological polar surface area (TPSA) is 43.4 Å². The van der Waals surface area contributed by atoms with Crippen LogP contribution in [0.2, 0.25) is 0 Å². The van der Waals surface area contributed by atoms with Crippen molar-refractivity contribution >= 4 is 9.84 Å². The molecule has 0 aliphatic rings. The Labute approximate surface area is 113 Å². The molecule has 0 aliphatic heterocycles. The zero-order valence-corrected chi connectivity index (χ0v) is 11.6. The van der Waals surface area contributed by atoms with E-state index in [0.717, 1.165) is 5.56 Å².